The summed E-state index contributed by atoms with van der Waals surface area (Å²) in [6.45, 7) is 0.569. The van der Waals surface area contributed by atoms with Gasteiger partial charge in [0, 0.05) is 10.6 Å². The zero-order valence-electron chi connectivity index (χ0n) is 13.7. The molecule has 1 aromatic heterocycles. The highest BCUT2D eigenvalue weighted by atomic mass is 35.5. The number of hydrogen-bond acceptors (Lipinski definition) is 4. The molecule has 0 fully saturated rings. The van der Waals surface area contributed by atoms with Gasteiger partial charge in [0.25, 0.3) is 5.91 Å². The summed E-state index contributed by atoms with van der Waals surface area (Å²) in [7, 11) is 0. The van der Waals surface area contributed by atoms with E-state index in [2.05, 4.69) is 20.9 Å². The molecule has 0 aliphatic carbocycles. The van der Waals surface area contributed by atoms with Crippen LogP contribution in [0.15, 0.2) is 61.2 Å². The first-order valence-corrected chi connectivity index (χ1v) is 8.23. The number of amides is 2. The second-order valence-electron chi connectivity index (χ2n) is 5.60. The fraction of sp³-hybridized carbons (Fsp3) is 0.111. The highest BCUT2D eigenvalue weighted by Crippen LogP contribution is 2.10. The van der Waals surface area contributed by atoms with Crippen LogP contribution in [-0.4, -0.2) is 26.6 Å². The van der Waals surface area contributed by atoms with Gasteiger partial charge >= 0.3 is 0 Å². The molecule has 0 aliphatic heterocycles. The highest BCUT2D eigenvalue weighted by molar-refractivity contribution is 6.30. The second kappa shape index (κ2) is 8.26. The third kappa shape index (κ3) is 4.90. The molecule has 0 atom stereocenters. The van der Waals surface area contributed by atoms with E-state index in [1.807, 2.05) is 12.1 Å². The summed E-state index contributed by atoms with van der Waals surface area (Å²) in [5, 5.41) is 4.63. The zero-order chi connectivity index (χ0) is 18.4. The molecular weight excluding hydrogens is 354 g/mol. The molecule has 7 nitrogen and oxygen atoms in total. The van der Waals surface area contributed by atoms with Gasteiger partial charge in [0.15, 0.2) is 0 Å². The molecule has 0 spiro atoms. The Kier molecular flexibility index (Phi) is 5.60. The summed E-state index contributed by atoms with van der Waals surface area (Å²) in [4.78, 5) is 27.9. The number of aromatic nitrogens is 3. The normalized spacial score (nSPS) is 10.3. The SMILES string of the molecule is O=C(Cc1ccc(Cl)cc1)NNC(=O)c1ccc(Cn2cncn2)cc1. The number of halogens is 1. The lowest BCUT2D eigenvalue weighted by Gasteiger charge is -2.08. The smallest absolute Gasteiger partial charge is 0.269 e. The Hall–Kier alpha value is -3.19. The average Bonchev–Trinajstić information content (AvgIpc) is 3.15. The van der Waals surface area contributed by atoms with Crippen LogP contribution >= 0.6 is 11.6 Å². The van der Waals surface area contributed by atoms with Crippen molar-refractivity contribution < 1.29 is 9.59 Å². The van der Waals surface area contributed by atoms with E-state index in [0.717, 1.165) is 11.1 Å². The van der Waals surface area contributed by atoms with Crippen molar-refractivity contribution in [1.82, 2.24) is 25.6 Å². The molecule has 8 heteroatoms. The maximum absolute atomic E-state index is 12.1. The van der Waals surface area contributed by atoms with E-state index in [9.17, 15) is 9.59 Å². The first-order valence-electron chi connectivity index (χ1n) is 7.85. The standard InChI is InChI=1S/C18H16ClN5O2/c19-16-7-3-13(4-8-16)9-17(25)22-23-18(26)15-5-1-14(2-6-15)10-24-12-20-11-21-24/h1-8,11-12H,9-10H2,(H,22,25)(H,23,26). The van der Waals surface area contributed by atoms with E-state index in [-0.39, 0.29) is 18.2 Å². The van der Waals surface area contributed by atoms with Crippen LogP contribution < -0.4 is 10.9 Å². The Labute approximate surface area is 155 Å². The van der Waals surface area contributed by atoms with Crippen LogP contribution in [0.3, 0.4) is 0 Å². The van der Waals surface area contributed by atoms with Gasteiger partial charge < -0.3 is 0 Å². The minimum Gasteiger partial charge on any atom is -0.273 e. The molecule has 3 rings (SSSR count). The van der Waals surface area contributed by atoms with Gasteiger partial charge in [0.05, 0.1) is 13.0 Å². The number of carbonyl (C=O) groups is 2. The molecule has 2 N–H and O–H groups in total. The Morgan fingerprint density at radius 3 is 2.31 bits per heavy atom. The van der Waals surface area contributed by atoms with Crippen molar-refractivity contribution in [2.24, 2.45) is 0 Å². The summed E-state index contributed by atoms with van der Waals surface area (Å²) >= 11 is 5.80. The van der Waals surface area contributed by atoms with Crippen molar-refractivity contribution in [1.29, 1.82) is 0 Å². The lowest BCUT2D eigenvalue weighted by molar-refractivity contribution is -0.121. The van der Waals surface area contributed by atoms with Gasteiger partial charge in [0.1, 0.15) is 12.7 Å². The van der Waals surface area contributed by atoms with Crippen LogP contribution in [0.4, 0.5) is 0 Å². The third-order valence-electron chi connectivity index (χ3n) is 3.62. The molecule has 0 radical (unpaired) electrons. The predicted molar refractivity (Wildman–Crippen MR) is 96.3 cm³/mol. The monoisotopic (exact) mass is 369 g/mol. The van der Waals surface area contributed by atoms with Crippen molar-refractivity contribution >= 4 is 23.4 Å². The Balaban J connectivity index is 1.49. The van der Waals surface area contributed by atoms with Crippen LogP contribution in [-0.2, 0) is 17.8 Å². The molecule has 0 unspecified atom stereocenters. The van der Waals surface area contributed by atoms with Crippen molar-refractivity contribution in [2.75, 3.05) is 0 Å². The summed E-state index contributed by atoms with van der Waals surface area (Å²) in [5.41, 5.74) is 7.04. The number of nitrogens with zero attached hydrogens (tertiary/aromatic N) is 3. The van der Waals surface area contributed by atoms with Crippen molar-refractivity contribution in [3.8, 4) is 0 Å². The van der Waals surface area contributed by atoms with Gasteiger partial charge in [-0.1, -0.05) is 35.9 Å². The maximum atomic E-state index is 12.1. The van der Waals surface area contributed by atoms with E-state index in [4.69, 9.17) is 11.6 Å². The molecule has 2 amide bonds. The summed E-state index contributed by atoms with van der Waals surface area (Å²) in [6, 6.07) is 14.0. The molecule has 0 bridgehead atoms. The zero-order valence-corrected chi connectivity index (χ0v) is 14.5. The van der Waals surface area contributed by atoms with E-state index >= 15 is 0 Å². The van der Waals surface area contributed by atoms with Crippen LogP contribution in [0.1, 0.15) is 21.5 Å². The number of nitrogens with one attached hydrogen (secondary N) is 2. The first-order chi connectivity index (χ1) is 12.6. The van der Waals surface area contributed by atoms with Crippen LogP contribution in [0.5, 0.6) is 0 Å². The first kappa shape index (κ1) is 17.6. The number of carbonyl (C=O) groups excluding carboxylic acids is 2. The fourth-order valence-corrected chi connectivity index (χ4v) is 2.42. The van der Waals surface area contributed by atoms with Gasteiger partial charge in [-0.05, 0) is 35.4 Å². The van der Waals surface area contributed by atoms with Gasteiger partial charge in [-0.25, -0.2) is 9.67 Å². The second-order valence-corrected chi connectivity index (χ2v) is 6.03. The molecular formula is C18H16ClN5O2. The van der Waals surface area contributed by atoms with Gasteiger partial charge in [-0.15, -0.1) is 0 Å². The highest BCUT2D eigenvalue weighted by Gasteiger charge is 2.08. The topological polar surface area (TPSA) is 88.9 Å². The van der Waals surface area contributed by atoms with Crippen LogP contribution in [0, 0.1) is 0 Å². The van der Waals surface area contributed by atoms with E-state index in [0.29, 0.717) is 17.1 Å². The minimum absolute atomic E-state index is 0.147. The average molecular weight is 370 g/mol. The number of benzene rings is 2. The van der Waals surface area contributed by atoms with Crippen LogP contribution in [0.25, 0.3) is 0 Å². The van der Waals surface area contributed by atoms with Gasteiger partial charge in [0.2, 0.25) is 5.91 Å². The molecule has 2 aromatic carbocycles. The van der Waals surface area contributed by atoms with E-state index < -0.39 is 0 Å². The molecule has 26 heavy (non-hydrogen) atoms. The number of hydrogen-bond donors (Lipinski definition) is 2. The quantitative estimate of drug-likeness (QED) is 0.673. The summed E-state index contributed by atoms with van der Waals surface area (Å²) < 4.78 is 1.69. The molecule has 3 aromatic rings. The summed E-state index contributed by atoms with van der Waals surface area (Å²) in [5.74, 6) is -0.703. The van der Waals surface area contributed by atoms with Gasteiger partial charge in [-0.2, -0.15) is 5.10 Å². The summed E-state index contributed by atoms with van der Waals surface area (Å²) in [6.07, 6.45) is 3.24. The minimum atomic E-state index is -0.387. The van der Waals surface area contributed by atoms with Crippen molar-refractivity contribution in [3.05, 3.63) is 82.9 Å². The maximum Gasteiger partial charge on any atom is 0.269 e. The van der Waals surface area contributed by atoms with Crippen molar-refractivity contribution in [3.63, 3.8) is 0 Å². The predicted octanol–water partition coefficient (Wildman–Crippen LogP) is 1.98. The molecule has 0 aliphatic rings. The van der Waals surface area contributed by atoms with E-state index in [1.165, 1.54) is 6.33 Å². The van der Waals surface area contributed by atoms with E-state index in [1.54, 1.807) is 47.4 Å². The Morgan fingerprint density at radius 1 is 0.962 bits per heavy atom. The van der Waals surface area contributed by atoms with Crippen molar-refractivity contribution in [2.45, 2.75) is 13.0 Å². The lowest BCUT2D eigenvalue weighted by atomic mass is 10.1. The molecule has 0 saturated heterocycles. The largest absolute Gasteiger partial charge is 0.273 e. The molecule has 0 saturated carbocycles. The third-order valence-corrected chi connectivity index (χ3v) is 3.87. The molecule has 1 heterocycles. The number of rotatable bonds is 5. The lowest BCUT2D eigenvalue weighted by Crippen LogP contribution is -2.42. The van der Waals surface area contributed by atoms with Gasteiger partial charge in [-0.3, -0.25) is 20.4 Å². The molecule has 132 valence electrons. The Morgan fingerprint density at radius 2 is 1.65 bits per heavy atom. The Bertz CT molecular complexity index is 877. The fourth-order valence-electron chi connectivity index (χ4n) is 2.29. The van der Waals surface area contributed by atoms with Crippen LogP contribution in [0.2, 0.25) is 5.02 Å². The number of hydrazine groups is 1.